The van der Waals surface area contributed by atoms with Crippen molar-refractivity contribution in [2.45, 2.75) is 103 Å². The van der Waals surface area contributed by atoms with Gasteiger partial charge in [-0.15, -0.1) is 0 Å². The zero-order valence-corrected chi connectivity index (χ0v) is 16.6. The second kappa shape index (κ2) is 13.0. The van der Waals surface area contributed by atoms with E-state index in [1.54, 1.807) is 12.1 Å². The lowest BCUT2D eigenvalue weighted by molar-refractivity contribution is 0.156. The Morgan fingerprint density at radius 2 is 1.04 bits per heavy atom. The van der Waals surface area contributed by atoms with E-state index in [0.717, 1.165) is 88.2 Å². The maximum Gasteiger partial charge on any atom is 0.119 e. The highest BCUT2D eigenvalue weighted by Crippen LogP contribution is 2.32. The number of phenols is 2. The summed E-state index contributed by atoms with van der Waals surface area (Å²) in [6, 6.07) is 3.15. The van der Waals surface area contributed by atoms with Crippen molar-refractivity contribution in [2.75, 3.05) is 0 Å². The molecule has 0 saturated carbocycles. The minimum absolute atomic E-state index is 0.203. The van der Waals surface area contributed by atoms with Gasteiger partial charge in [0, 0.05) is 11.1 Å². The Balaban J connectivity index is 2.48. The second-order valence-electron chi connectivity index (χ2n) is 7.38. The van der Waals surface area contributed by atoms with E-state index in [-0.39, 0.29) is 23.7 Å². The number of aliphatic hydroxyl groups excluding tert-OH is 2. The van der Waals surface area contributed by atoms with Crippen molar-refractivity contribution >= 4 is 0 Å². The number of hydrogen-bond acceptors (Lipinski definition) is 4. The molecule has 0 aromatic heterocycles. The summed E-state index contributed by atoms with van der Waals surface area (Å²) in [6.45, 7) is 3.98. The third-order valence-corrected chi connectivity index (χ3v) is 5.25. The fourth-order valence-corrected chi connectivity index (χ4v) is 3.35. The van der Waals surface area contributed by atoms with Crippen molar-refractivity contribution in [1.29, 1.82) is 0 Å². The Kier molecular flexibility index (Phi) is 11.4. The summed E-state index contributed by atoms with van der Waals surface area (Å²) in [5, 5.41) is 39.6. The SMILES string of the molecule is CCC(O)CCCCCc1c(O)ccc(O)c1CCCCCC(O)CC. The number of aliphatic hydroxyl groups is 2. The quantitative estimate of drug-likeness (QED) is 0.280. The average Bonchev–Trinajstić information content (AvgIpc) is 2.64. The van der Waals surface area contributed by atoms with Gasteiger partial charge in [-0.1, -0.05) is 39.5 Å². The van der Waals surface area contributed by atoms with Crippen molar-refractivity contribution in [3.63, 3.8) is 0 Å². The third-order valence-electron chi connectivity index (χ3n) is 5.25. The molecule has 0 radical (unpaired) electrons. The van der Waals surface area contributed by atoms with Crippen LogP contribution >= 0.6 is 0 Å². The first-order valence-electron chi connectivity index (χ1n) is 10.4. The Bertz CT molecular complexity index is 456. The van der Waals surface area contributed by atoms with E-state index in [4.69, 9.17) is 0 Å². The van der Waals surface area contributed by atoms with Gasteiger partial charge in [-0.05, 0) is 63.5 Å². The minimum Gasteiger partial charge on any atom is -0.508 e. The van der Waals surface area contributed by atoms with Crippen LogP contribution < -0.4 is 0 Å². The summed E-state index contributed by atoms with van der Waals surface area (Å²) < 4.78 is 0. The molecule has 0 spiro atoms. The van der Waals surface area contributed by atoms with Crippen molar-refractivity contribution in [3.05, 3.63) is 23.3 Å². The molecule has 2 atom stereocenters. The van der Waals surface area contributed by atoms with E-state index < -0.39 is 0 Å². The van der Waals surface area contributed by atoms with Crippen molar-refractivity contribution in [2.24, 2.45) is 0 Å². The fraction of sp³-hybridized carbons (Fsp3) is 0.727. The maximum absolute atomic E-state index is 10.2. The molecule has 0 aliphatic rings. The van der Waals surface area contributed by atoms with E-state index in [1.165, 1.54) is 0 Å². The second-order valence-corrected chi connectivity index (χ2v) is 7.38. The summed E-state index contributed by atoms with van der Waals surface area (Å²) in [5.41, 5.74) is 1.74. The lowest BCUT2D eigenvalue weighted by Crippen LogP contribution is -2.04. The summed E-state index contributed by atoms with van der Waals surface area (Å²) in [4.78, 5) is 0. The molecule has 1 rings (SSSR count). The van der Waals surface area contributed by atoms with Crippen molar-refractivity contribution in [3.8, 4) is 11.5 Å². The van der Waals surface area contributed by atoms with Crippen LogP contribution in [0.3, 0.4) is 0 Å². The highest BCUT2D eigenvalue weighted by Gasteiger charge is 2.13. The van der Waals surface area contributed by atoms with Crippen LogP contribution in [0.15, 0.2) is 12.1 Å². The van der Waals surface area contributed by atoms with E-state index in [2.05, 4.69) is 0 Å². The van der Waals surface area contributed by atoms with Gasteiger partial charge < -0.3 is 20.4 Å². The number of rotatable bonds is 14. The molecule has 0 heterocycles. The lowest BCUT2D eigenvalue weighted by Gasteiger charge is -2.14. The number of hydrogen-bond donors (Lipinski definition) is 4. The Labute approximate surface area is 158 Å². The molecule has 1 aromatic carbocycles. The fourth-order valence-electron chi connectivity index (χ4n) is 3.35. The number of aromatic hydroxyl groups is 2. The first-order chi connectivity index (χ1) is 12.5. The standard InChI is InChI=1S/C22H38O4/c1-3-17(23)11-7-5-9-13-19-20(22(26)16-15-21(19)25)14-10-6-8-12-18(24)4-2/h15-18,23-26H,3-14H2,1-2H3. The molecule has 150 valence electrons. The monoisotopic (exact) mass is 366 g/mol. The molecular weight excluding hydrogens is 328 g/mol. The topological polar surface area (TPSA) is 80.9 Å². The molecule has 26 heavy (non-hydrogen) atoms. The molecule has 0 aliphatic heterocycles. The van der Waals surface area contributed by atoms with Gasteiger partial charge in [-0.3, -0.25) is 0 Å². The first kappa shape index (κ1) is 22.8. The lowest BCUT2D eigenvalue weighted by atomic mass is 9.94. The first-order valence-corrected chi connectivity index (χ1v) is 10.4. The molecule has 4 nitrogen and oxygen atoms in total. The van der Waals surface area contributed by atoms with E-state index in [0.29, 0.717) is 0 Å². The van der Waals surface area contributed by atoms with Gasteiger partial charge in [0.15, 0.2) is 0 Å². The predicted molar refractivity (Wildman–Crippen MR) is 107 cm³/mol. The van der Waals surface area contributed by atoms with Crippen LogP contribution in [0, 0.1) is 0 Å². The van der Waals surface area contributed by atoms with Crippen molar-refractivity contribution in [1.82, 2.24) is 0 Å². The van der Waals surface area contributed by atoms with Crippen LogP contribution in [0.5, 0.6) is 11.5 Å². The predicted octanol–water partition coefficient (Wildman–Crippen LogP) is 4.85. The number of benzene rings is 1. The van der Waals surface area contributed by atoms with E-state index in [9.17, 15) is 20.4 Å². The number of phenolic OH excluding ortho intramolecular Hbond substituents is 2. The van der Waals surface area contributed by atoms with Crippen LogP contribution in [0.1, 0.15) is 89.2 Å². The van der Waals surface area contributed by atoms with Crippen LogP contribution in [-0.4, -0.2) is 32.6 Å². The molecule has 0 saturated heterocycles. The zero-order valence-electron chi connectivity index (χ0n) is 16.6. The van der Waals surface area contributed by atoms with Crippen molar-refractivity contribution < 1.29 is 20.4 Å². The molecule has 0 aliphatic carbocycles. The summed E-state index contributed by atoms with van der Waals surface area (Å²) in [6.07, 6.45) is 10.3. The van der Waals surface area contributed by atoms with Crippen LogP contribution in [0.25, 0.3) is 0 Å². The maximum atomic E-state index is 10.2. The molecular formula is C22H38O4. The molecule has 0 amide bonds. The summed E-state index contributed by atoms with van der Waals surface area (Å²) in [7, 11) is 0. The molecule has 0 fully saturated rings. The van der Waals surface area contributed by atoms with Crippen LogP contribution in [0.4, 0.5) is 0 Å². The Hall–Kier alpha value is -1.26. The van der Waals surface area contributed by atoms with Gasteiger partial charge >= 0.3 is 0 Å². The minimum atomic E-state index is -0.203. The average molecular weight is 367 g/mol. The molecule has 0 bridgehead atoms. The van der Waals surface area contributed by atoms with Gasteiger partial charge in [-0.2, -0.15) is 0 Å². The van der Waals surface area contributed by atoms with Gasteiger partial charge in [0.05, 0.1) is 12.2 Å². The van der Waals surface area contributed by atoms with Gasteiger partial charge in [-0.25, -0.2) is 0 Å². The summed E-state index contributed by atoms with van der Waals surface area (Å²) >= 11 is 0. The smallest absolute Gasteiger partial charge is 0.119 e. The molecule has 4 N–H and O–H groups in total. The van der Waals surface area contributed by atoms with E-state index in [1.807, 2.05) is 13.8 Å². The van der Waals surface area contributed by atoms with Gasteiger partial charge in [0.25, 0.3) is 0 Å². The van der Waals surface area contributed by atoms with Gasteiger partial charge in [0.2, 0.25) is 0 Å². The zero-order chi connectivity index (χ0) is 19.4. The number of unbranched alkanes of at least 4 members (excludes halogenated alkanes) is 4. The van der Waals surface area contributed by atoms with Gasteiger partial charge in [0.1, 0.15) is 11.5 Å². The Morgan fingerprint density at radius 1 is 0.654 bits per heavy atom. The van der Waals surface area contributed by atoms with Crippen LogP contribution in [0.2, 0.25) is 0 Å². The highest BCUT2D eigenvalue weighted by atomic mass is 16.3. The summed E-state index contributed by atoms with van der Waals surface area (Å²) in [5.74, 6) is 0.542. The molecule has 4 heteroatoms. The van der Waals surface area contributed by atoms with E-state index >= 15 is 0 Å². The molecule has 2 unspecified atom stereocenters. The normalized spacial score (nSPS) is 13.7. The molecule has 1 aromatic rings. The largest absolute Gasteiger partial charge is 0.508 e. The third kappa shape index (κ3) is 8.41. The highest BCUT2D eigenvalue weighted by molar-refractivity contribution is 5.47. The Morgan fingerprint density at radius 3 is 1.38 bits per heavy atom. The van der Waals surface area contributed by atoms with Crippen LogP contribution in [-0.2, 0) is 12.8 Å².